The number of benzene rings is 4. The number of aliphatic hydroxyl groups excluding tert-OH is 1. The summed E-state index contributed by atoms with van der Waals surface area (Å²) in [5.74, 6) is -0.0600. The van der Waals surface area contributed by atoms with E-state index < -0.39 is 84.5 Å². The van der Waals surface area contributed by atoms with Crippen LogP contribution in [-0.4, -0.2) is 93.7 Å². The predicted molar refractivity (Wildman–Crippen MR) is 271 cm³/mol. The maximum Gasteiger partial charge on any atom is 0.426 e. The van der Waals surface area contributed by atoms with E-state index >= 15 is 0 Å². The number of carboxylic acid groups (broad SMARTS) is 1. The van der Waals surface area contributed by atoms with Gasteiger partial charge in [0.15, 0.2) is 0 Å². The third kappa shape index (κ3) is 15.1. The van der Waals surface area contributed by atoms with E-state index in [1.807, 2.05) is 71.9 Å². The van der Waals surface area contributed by atoms with Crippen molar-refractivity contribution in [2.24, 2.45) is 0 Å². The Bertz CT molecular complexity index is 2660. The van der Waals surface area contributed by atoms with Gasteiger partial charge in [-0.1, -0.05) is 88.4 Å². The van der Waals surface area contributed by atoms with E-state index in [-0.39, 0.29) is 43.7 Å². The quantitative estimate of drug-likeness (QED) is 0.0422. The first-order chi connectivity index (χ1) is 36.5. The van der Waals surface area contributed by atoms with Gasteiger partial charge in [-0.15, -0.1) is 0 Å². The van der Waals surface area contributed by atoms with E-state index in [2.05, 4.69) is 0 Å². The molecule has 5 rings (SSSR count). The summed E-state index contributed by atoms with van der Waals surface area (Å²) in [5.41, 5.74) is -3.55. The Kier molecular flexibility index (Phi) is 21.7. The molecule has 1 fully saturated rings. The SMILES string of the molecule is CCC(CC)(c1ccc(CCC(O)(C(F)(F)F)C(F)(F)F)c(C)c1)c1ccc(OC[C@@H](O)CCC(=O)O)c(C)c1.CCC(CC)(c1ccc(CCC(O)(C(F)(F)F)C(F)(F)F)c(C)c1)c1ccc(OC[C@@H]2CCC(=O)O2)c(C)c1. The standard InChI is InChI=1S/C29H36F6O5.C29H34F6O4/c1-5-26(6-2,22-9-11-24(19(4)16-22)40-17-23(36)10-12-25(37)38)21-8-7-20(18(3)15-21)13-14-27(39,28(30,31)32)29(33,34)35;1-5-26(6-2,22-9-11-24(19(4)16-22)38-17-23-10-12-25(36)39-23)21-8-7-20(18(3)15-21)13-14-27(37,28(30,31)32)29(33,34)35/h7-9,11,15-16,23,36,39H,5-6,10,12-14,17H2,1-4H3,(H,37,38);7-9,11,15-16,23,37H,5-6,10,12-14,17H2,1-4H3/t2*23-/m00/s1. The van der Waals surface area contributed by atoms with Gasteiger partial charge in [-0.25, -0.2) is 0 Å². The molecule has 440 valence electrons. The molecule has 1 aliphatic rings. The average Bonchev–Trinajstić information content (AvgIpc) is 3.79. The Morgan fingerprint density at radius 2 is 0.937 bits per heavy atom. The van der Waals surface area contributed by atoms with Crippen LogP contribution >= 0.6 is 0 Å². The zero-order valence-electron chi connectivity index (χ0n) is 45.3. The topological polar surface area (TPSA) is 143 Å². The van der Waals surface area contributed by atoms with Crippen molar-refractivity contribution in [3.8, 4) is 11.5 Å². The number of aliphatic hydroxyl groups is 3. The zero-order valence-corrected chi connectivity index (χ0v) is 45.3. The number of hydrogen-bond acceptors (Lipinski definition) is 8. The zero-order chi connectivity index (χ0) is 59.7. The van der Waals surface area contributed by atoms with Crippen LogP contribution in [-0.2, 0) is 38.0 Å². The molecule has 4 N–H and O–H groups in total. The van der Waals surface area contributed by atoms with Crippen LogP contribution < -0.4 is 9.47 Å². The summed E-state index contributed by atoms with van der Waals surface area (Å²) in [4.78, 5) is 22.0. The molecular formula is C58H70F12O9. The molecule has 0 aliphatic carbocycles. The first-order valence-corrected chi connectivity index (χ1v) is 26.0. The minimum atomic E-state index is -5.86. The lowest BCUT2D eigenvalue weighted by atomic mass is 9.69. The Balaban J connectivity index is 0.000000341. The summed E-state index contributed by atoms with van der Waals surface area (Å²) < 4.78 is 174. The molecule has 0 saturated carbocycles. The fourth-order valence-corrected chi connectivity index (χ4v) is 10.2. The van der Waals surface area contributed by atoms with E-state index in [1.54, 1.807) is 50.2 Å². The number of hydrogen-bond donors (Lipinski definition) is 4. The van der Waals surface area contributed by atoms with Gasteiger partial charge in [-0.05, 0) is 160 Å². The molecule has 0 bridgehead atoms. The van der Waals surface area contributed by atoms with Crippen molar-refractivity contribution in [1.82, 2.24) is 0 Å². The van der Waals surface area contributed by atoms with Gasteiger partial charge in [-0.2, -0.15) is 52.7 Å². The molecule has 0 radical (unpaired) electrons. The molecule has 0 amide bonds. The van der Waals surface area contributed by atoms with Crippen molar-refractivity contribution in [1.29, 1.82) is 0 Å². The molecule has 1 aliphatic heterocycles. The highest BCUT2D eigenvalue weighted by atomic mass is 19.4. The average molecular weight is 1140 g/mol. The fourth-order valence-electron chi connectivity index (χ4n) is 10.2. The highest BCUT2D eigenvalue weighted by Gasteiger charge is 2.70. The van der Waals surface area contributed by atoms with E-state index in [0.29, 0.717) is 66.7 Å². The van der Waals surface area contributed by atoms with E-state index in [4.69, 9.17) is 19.3 Å². The maximum atomic E-state index is 13.1. The van der Waals surface area contributed by atoms with Crippen LogP contribution in [0.4, 0.5) is 52.7 Å². The third-order valence-electron chi connectivity index (χ3n) is 15.6. The molecule has 0 aromatic heterocycles. The molecule has 4 aromatic carbocycles. The molecule has 0 spiro atoms. The molecule has 21 heteroatoms. The van der Waals surface area contributed by atoms with Crippen LogP contribution in [0.5, 0.6) is 11.5 Å². The largest absolute Gasteiger partial charge is 0.491 e. The van der Waals surface area contributed by atoms with Crippen LogP contribution in [0.1, 0.15) is 148 Å². The molecule has 1 heterocycles. The van der Waals surface area contributed by atoms with Crippen LogP contribution in [0.2, 0.25) is 0 Å². The van der Waals surface area contributed by atoms with Crippen LogP contribution in [0.3, 0.4) is 0 Å². The van der Waals surface area contributed by atoms with Crippen molar-refractivity contribution in [3.63, 3.8) is 0 Å². The lowest BCUT2D eigenvalue weighted by Crippen LogP contribution is -2.57. The number of carbonyl (C=O) groups excluding carboxylic acids is 1. The Hall–Kier alpha value is -5.54. The highest BCUT2D eigenvalue weighted by Crippen LogP contribution is 2.49. The highest BCUT2D eigenvalue weighted by molar-refractivity contribution is 5.71. The fraction of sp³-hybridized carbons (Fsp3) is 0.552. The van der Waals surface area contributed by atoms with Crippen molar-refractivity contribution < 1.29 is 96.9 Å². The smallest absolute Gasteiger partial charge is 0.426 e. The van der Waals surface area contributed by atoms with Crippen molar-refractivity contribution in [2.45, 2.75) is 191 Å². The van der Waals surface area contributed by atoms with Gasteiger partial charge in [0, 0.05) is 23.7 Å². The summed E-state index contributed by atoms with van der Waals surface area (Å²) in [7, 11) is 0. The van der Waals surface area contributed by atoms with Gasteiger partial charge in [0.1, 0.15) is 30.8 Å². The molecule has 79 heavy (non-hydrogen) atoms. The van der Waals surface area contributed by atoms with Gasteiger partial charge in [0.2, 0.25) is 0 Å². The molecule has 4 aromatic rings. The molecule has 9 nitrogen and oxygen atoms in total. The normalized spacial score (nSPS) is 15.3. The third-order valence-corrected chi connectivity index (χ3v) is 15.6. The first kappa shape index (κ1) is 66.0. The molecule has 1 saturated heterocycles. The summed E-state index contributed by atoms with van der Waals surface area (Å²) in [6.45, 7) is 15.2. The van der Waals surface area contributed by atoms with Crippen LogP contribution in [0.15, 0.2) is 72.8 Å². The number of cyclic esters (lactones) is 1. The van der Waals surface area contributed by atoms with Crippen molar-refractivity contribution >= 4 is 11.9 Å². The maximum absolute atomic E-state index is 13.1. The number of aryl methyl sites for hydroxylation is 6. The molecule has 2 atom stereocenters. The lowest BCUT2D eigenvalue weighted by Gasteiger charge is -2.35. The van der Waals surface area contributed by atoms with Crippen molar-refractivity contribution in [3.05, 3.63) is 128 Å². The Labute approximate surface area is 452 Å². The van der Waals surface area contributed by atoms with E-state index in [0.717, 1.165) is 33.4 Å². The minimum Gasteiger partial charge on any atom is -0.491 e. The molecule has 0 unspecified atom stereocenters. The van der Waals surface area contributed by atoms with Gasteiger partial charge >= 0.3 is 36.6 Å². The number of rotatable bonds is 23. The number of carbonyl (C=O) groups is 2. The first-order valence-electron chi connectivity index (χ1n) is 26.0. The van der Waals surface area contributed by atoms with Crippen LogP contribution in [0, 0.1) is 27.7 Å². The van der Waals surface area contributed by atoms with Crippen molar-refractivity contribution in [2.75, 3.05) is 13.2 Å². The minimum absolute atomic E-state index is 0.0578. The summed E-state index contributed by atoms with van der Waals surface area (Å²) in [6.07, 6.45) is -25.3. The number of alkyl halides is 12. The van der Waals surface area contributed by atoms with E-state index in [9.17, 15) is 77.6 Å². The van der Waals surface area contributed by atoms with E-state index in [1.165, 1.54) is 6.07 Å². The second kappa shape index (κ2) is 25.9. The second-order valence-corrected chi connectivity index (χ2v) is 20.4. The van der Waals surface area contributed by atoms with Crippen LogP contribution in [0.25, 0.3) is 0 Å². The summed E-state index contributed by atoms with van der Waals surface area (Å²) in [5, 5.41) is 37.7. The van der Waals surface area contributed by atoms with Gasteiger partial charge in [0.05, 0.1) is 6.10 Å². The molecular weight excluding hydrogens is 1070 g/mol. The Morgan fingerprint density at radius 3 is 1.24 bits per heavy atom. The van der Waals surface area contributed by atoms with Gasteiger partial charge < -0.3 is 34.6 Å². The summed E-state index contributed by atoms with van der Waals surface area (Å²) >= 11 is 0. The number of ether oxygens (including phenoxy) is 3. The van der Waals surface area contributed by atoms with Gasteiger partial charge in [0.25, 0.3) is 11.2 Å². The monoisotopic (exact) mass is 1140 g/mol. The Morgan fingerprint density at radius 1 is 0.582 bits per heavy atom. The van der Waals surface area contributed by atoms with Gasteiger partial charge in [-0.3, -0.25) is 9.59 Å². The number of carboxylic acids is 1. The predicted octanol–water partition coefficient (Wildman–Crippen LogP) is 14.1. The summed E-state index contributed by atoms with van der Waals surface area (Å²) in [6, 6.07) is 21.5. The number of aliphatic carboxylic acids is 1. The second-order valence-electron chi connectivity index (χ2n) is 20.4. The number of halogens is 12. The number of esters is 1. The lowest BCUT2D eigenvalue weighted by molar-refractivity contribution is -0.370.